The highest BCUT2D eigenvalue weighted by molar-refractivity contribution is 5.88. The van der Waals surface area contributed by atoms with Crippen molar-refractivity contribution in [2.75, 3.05) is 6.54 Å². The number of rotatable bonds is 5. The SMILES string of the molecule is CC1CC1c1ccc(CN2CCCC2c2nc(C(N)=O)no2)o1. The van der Waals surface area contributed by atoms with Crippen LogP contribution in [0.4, 0.5) is 0 Å². The summed E-state index contributed by atoms with van der Waals surface area (Å²) in [6.07, 6.45) is 3.19. The van der Waals surface area contributed by atoms with Crippen molar-refractivity contribution in [2.45, 2.75) is 44.7 Å². The third kappa shape index (κ3) is 2.76. The highest BCUT2D eigenvalue weighted by Crippen LogP contribution is 2.47. The molecule has 4 rings (SSSR count). The van der Waals surface area contributed by atoms with E-state index in [0.29, 0.717) is 18.4 Å². The Morgan fingerprint density at radius 1 is 1.48 bits per heavy atom. The van der Waals surface area contributed by atoms with Crippen molar-refractivity contribution < 1.29 is 13.7 Å². The Labute approximate surface area is 133 Å². The first-order valence-corrected chi connectivity index (χ1v) is 8.08. The monoisotopic (exact) mass is 316 g/mol. The predicted molar refractivity (Wildman–Crippen MR) is 80.4 cm³/mol. The van der Waals surface area contributed by atoms with Gasteiger partial charge < -0.3 is 14.7 Å². The fraction of sp³-hybridized carbons (Fsp3) is 0.562. The first kappa shape index (κ1) is 14.4. The van der Waals surface area contributed by atoms with E-state index >= 15 is 0 Å². The van der Waals surface area contributed by atoms with Crippen LogP contribution in [0.15, 0.2) is 21.1 Å². The first-order valence-electron chi connectivity index (χ1n) is 8.08. The van der Waals surface area contributed by atoms with E-state index in [-0.39, 0.29) is 11.9 Å². The maximum atomic E-state index is 11.1. The number of primary amides is 1. The third-order valence-corrected chi connectivity index (χ3v) is 4.83. The molecular formula is C16H20N4O3. The molecule has 122 valence electrons. The van der Waals surface area contributed by atoms with Gasteiger partial charge in [0.15, 0.2) is 0 Å². The molecule has 3 unspecified atom stereocenters. The van der Waals surface area contributed by atoms with Gasteiger partial charge in [-0.1, -0.05) is 12.1 Å². The van der Waals surface area contributed by atoms with E-state index in [0.717, 1.165) is 36.8 Å². The molecule has 2 aromatic heterocycles. The average Bonchev–Trinajstić information content (AvgIpc) is 3.01. The first-order chi connectivity index (χ1) is 11.1. The summed E-state index contributed by atoms with van der Waals surface area (Å²) in [4.78, 5) is 17.5. The molecule has 0 aromatic carbocycles. The summed E-state index contributed by atoms with van der Waals surface area (Å²) in [5.74, 6) is 3.11. The van der Waals surface area contributed by atoms with Gasteiger partial charge >= 0.3 is 0 Å². The Morgan fingerprint density at radius 2 is 2.30 bits per heavy atom. The van der Waals surface area contributed by atoms with Crippen LogP contribution in [0.2, 0.25) is 0 Å². The van der Waals surface area contributed by atoms with Crippen LogP contribution in [0.1, 0.15) is 66.2 Å². The molecule has 1 saturated heterocycles. The summed E-state index contributed by atoms with van der Waals surface area (Å²) >= 11 is 0. The Balaban J connectivity index is 1.46. The van der Waals surface area contributed by atoms with Gasteiger partial charge in [-0.2, -0.15) is 4.98 Å². The lowest BCUT2D eigenvalue weighted by Crippen LogP contribution is -2.23. The molecule has 2 aliphatic rings. The number of carbonyl (C=O) groups is 1. The molecule has 3 heterocycles. The summed E-state index contributed by atoms with van der Waals surface area (Å²) in [6.45, 7) is 3.89. The zero-order chi connectivity index (χ0) is 16.0. The molecule has 2 N–H and O–H groups in total. The van der Waals surface area contributed by atoms with E-state index in [9.17, 15) is 4.79 Å². The molecule has 2 fully saturated rings. The van der Waals surface area contributed by atoms with Gasteiger partial charge in [-0.25, -0.2) is 0 Å². The topological polar surface area (TPSA) is 98.4 Å². The molecule has 7 nitrogen and oxygen atoms in total. The molecule has 0 bridgehead atoms. The maximum absolute atomic E-state index is 11.1. The number of nitrogens with zero attached hydrogens (tertiary/aromatic N) is 3. The van der Waals surface area contributed by atoms with Crippen LogP contribution in [-0.4, -0.2) is 27.5 Å². The number of aromatic nitrogens is 2. The minimum atomic E-state index is -0.668. The number of likely N-dealkylation sites (tertiary alicyclic amines) is 1. The van der Waals surface area contributed by atoms with Crippen LogP contribution in [0.3, 0.4) is 0 Å². The van der Waals surface area contributed by atoms with Gasteiger partial charge in [0.25, 0.3) is 11.7 Å². The second kappa shape index (κ2) is 5.49. The van der Waals surface area contributed by atoms with E-state index in [4.69, 9.17) is 14.7 Å². The molecule has 1 amide bonds. The minimum Gasteiger partial charge on any atom is -0.464 e. The highest BCUT2D eigenvalue weighted by Gasteiger charge is 2.37. The molecule has 1 aliphatic carbocycles. The molecule has 2 aromatic rings. The van der Waals surface area contributed by atoms with Crippen LogP contribution in [0.5, 0.6) is 0 Å². The number of amides is 1. The summed E-state index contributed by atoms with van der Waals surface area (Å²) in [7, 11) is 0. The fourth-order valence-corrected chi connectivity index (χ4v) is 3.36. The molecule has 0 radical (unpaired) electrons. The number of carbonyl (C=O) groups excluding carboxylic acids is 1. The maximum Gasteiger partial charge on any atom is 0.290 e. The van der Waals surface area contributed by atoms with Crippen LogP contribution in [0.25, 0.3) is 0 Å². The summed E-state index contributed by atoms with van der Waals surface area (Å²) < 4.78 is 11.2. The summed E-state index contributed by atoms with van der Waals surface area (Å²) in [5, 5.41) is 3.63. The van der Waals surface area contributed by atoms with Gasteiger partial charge in [0.05, 0.1) is 12.6 Å². The lowest BCUT2D eigenvalue weighted by Gasteiger charge is -2.19. The quantitative estimate of drug-likeness (QED) is 0.908. The lowest BCUT2D eigenvalue weighted by atomic mass is 10.2. The fourth-order valence-electron chi connectivity index (χ4n) is 3.36. The van der Waals surface area contributed by atoms with Gasteiger partial charge in [-0.05, 0) is 43.9 Å². The normalized spacial score (nSPS) is 27.4. The van der Waals surface area contributed by atoms with E-state index in [1.807, 2.05) is 0 Å². The van der Waals surface area contributed by atoms with Crippen molar-refractivity contribution in [3.05, 3.63) is 35.4 Å². The van der Waals surface area contributed by atoms with E-state index in [1.165, 1.54) is 6.42 Å². The second-order valence-corrected chi connectivity index (χ2v) is 6.57. The summed E-state index contributed by atoms with van der Waals surface area (Å²) in [6, 6.07) is 4.16. The Bertz CT molecular complexity index is 722. The van der Waals surface area contributed by atoms with Crippen molar-refractivity contribution in [3.63, 3.8) is 0 Å². The Morgan fingerprint density at radius 3 is 3.00 bits per heavy atom. The van der Waals surface area contributed by atoms with Gasteiger partial charge in [0.2, 0.25) is 5.89 Å². The predicted octanol–water partition coefficient (Wildman–Crippen LogP) is 2.22. The lowest BCUT2D eigenvalue weighted by molar-refractivity contribution is 0.0987. The Kier molecular flexibility index (Phi) is 3.45. The van der Waals surface area contributed by atoms with Crippen LogP contribution >= 0.6 is 0 Å². The van der Waals surface area contributed by atoms with Gasteiger partial charge in [-0.15, -0.1) is 0 Å². The van der Waals surface area contributed by atoms with Crippen molar-refractivity contribution in [2.24, 2.45) is 11.7 Å². The number of hydrogen-bond donors (Lipinski definition) is 1. The van der Waals surface area contributed by atoms with Crippen molar-refractivity contribution >= 4 is 5.91 Å². The molecule has 3 atom stereocenters. The van der Waals surface area contributed by atoms with Gasteiger partial charge in [0.1, 0.15) is 11.5 Å². The van der Waals surface area contributed by atoms with Gasteiger partial charge in [0, 0.05) is 5.92 Å². The zero-order valence-electron chi connectivity index (χ0n) is 13.1. The molecule has 0 spiro atoms. The van der Waals surface area contributed by atoms with Crippen LogP contribution < -0.4 is 5.73 Å². The van der Waals surface area contributed by atoms with Crippen LogP contribution in [-0.2, 0) is 6.54 Å². The standard InChI is InChI=1S/C16H20N4O3/c1-9-7-11(9)13-5-4-10(22-13)8-20-6-2-3-12(20)16-18-15(14(17)21)19-23-16/h4-5,9,11-12H,2-3,6-8H2,1H3,(H2,17,21). The number of furan rings is 1. The largest absolute Gasteiger partial charge is 0.464 e. The molecule has 7 heteroatoms. The van der Waals surface area contributed by atoms with Crippen LogP contribution in [0, 0.1) is 5.92 Å². The highest BCUT2D eigenvalue weighted by atomic mass is 16.5. The average molecular weight is 316 g/mol. The minimum absolute atomic E-state index is 0.0176. The molecule has 1 aliphatic heterocycles. The second-order valence-electron chi connectivity index (χ2n) is 6.57. The van der Waals surface area contributed by atoms with E-state index in [2.05, 4.69) is 34.1 Å². The Hall–Kier alpha value is -2.15. The number of nitrogens with two attached hydrogens (primary N) is 1. The van der Waals surface area contributed by atoms with Crippen molar-refractivity contribution in [3.8, 4) is 0 Å². The van der Waals surface area contributed by atoms with Gasteiger partial charge in [-0.3, -0.25) is 9.69 Å². The molecule has 1 saturated carbocycles. The molecule has 23 heavy (non-hydrogen) atoms. The number of hydrogen-bond acceptors (Lipinski definition) is 6. The van der Waals surface area contributed by atoms with Crippen molar-refractivity contribution in [1.29, 1.82) is 0 Å². The van der Waals surface area contributed by atoms with Crippen molar-refractivity contribution in [1.82, 2.24) is 15.0 Å². The smallest absolute Gasteiger partial charge is 0.290 e. The third-order valence-electron chi connectivity index (χ3n) is 4.83. The summed E-state index contributed by atoms with van der Waals surface area (Å²) in [5.41, 5.74) is 5.18. The van der Waals surface area contributed by atoms with E-state index < -0.39 is 5.91 Å². The molecular weight excluding hydrogens is 296 g/mol. The zero-order valence-corrected chi connectivity index (χ0v) is 13.1. The van der Waals surface area contributed by atoms with E-state index in [1.54, 1.807) is 0 Å².